The number of nitrogens with zero attached hydrogens (tertiary/aromatic N) is 2. The van der Waals surface area contributed by atoms with Crippen LogP contribution in [-0.4, -0.2) is 42.9 Å². The lowest BCUT2D eigenvalue weighted by atomic mass is 10.2. The summed E-state index contributed by atoms with van der Waals surface area (Å²) in [5.41, 5.74) is -0.0332. The quantitative estimate of drug-likeness (QED) is 0.524. The molecule has 0 radical (unpaired) electrons. The number of aromatic nitrogens is 2. The van der Waals surface area contributed by atoms with Gasteiger partial charge in [-0.2, -0.15) is 4.72 Å². The molecule has 1 aromatic carbocycles. The van der Waals surface area contributed by atoms with Crippen molar-refractivity contribution in [3.8, 4) is 12.3 Å². The minimum Gasteiger partial charge on any atom is -0.449 e. The van der Waals surface area contributed by atoms with Crippen LogP contribution in [0.4, 0.5) is 5.95 Å². The number of benzene rings is 1. The third kappa shape index (κ3) is 5.60. The van der Waals surface area contributed by atoms with Crippen LogP contribution >= 0.6 is 0 Å². The van der Waals surface area contributed by atoms with Crippen LogP contribution in [0.3, 0.4) is 0 Å². The lowest BCUT2D eigenvalue weighted by Crippen LogP contribution is -2.30. The summed E-state index contributed by atoms with van der Waals surface area (Å²) in [6, 6.07) is 6.76. The highest BCUT2D eigenvalue weighted by Crippen LogP contribution is 2.13. The lowest BCUT2D eigenvalue weighted by molar-refractivity contribution is -0.123. The number of rotatable bonds is 7. The molecule has 1 heterocycles. The number of anilines is 1. The van der Waals surface area contributed by atoms with Gasteiger partial charge >= 0.3 is 5.97 Å². The summed E-state index contributed by atoms with van der Waals surface area (Å²) in [7, 11) is -3.86. The standard InChI is InChI=1S/C17H16N4O5S/c1-3-8-20-27(24,25)14-7-4-6-13(11-14)16(23)26-12(2)15(22)21-17-18-9-5-10-19-17/h1,4-7,9-12,20H,8H2,2H3,(H,18,19,21,22). The van der Waals surface area contributed by atoms with E-state index in [1.807, 2.05) is 0 Å². The summed E-state index contributed by atoms with van der Waals surface area (Å²) in [6.45, 7) is 1.18. The molecule has 0 bridgehead atoms. The van der Waals surface area contributed by atoms with Crippen molar-refractivity contribution >= 4 is 27.8 Å². The van der Waals surface area contributed by atoms with E-state index in [9.17, 15) is 18.0 Å². The normalized spacial score (nSPS) is 11.9. The Morgan fingerprint density at radius 1 is 1.26 bits per heavy atom. The minimum atomic E-state index is -3.86. The van der Waals surface area contributed by atoms with Gasteiger partial charge in [0.25, 0.3) is 5.91 Å². The van der Waals surface area contributed by atoms with E-state index < -0.39 is 28.0 Å². The van der Waals surface area contributed by atoms with Crippen LogP contribution in [0.15, 0.2) is 47.6 Å². The molecule has 2 aromatic rings. The third-order valence-electron chi connectivity index (χ3n) is 3.20. The van der Waals surface area contributed by atoms with Crippen LogP contribution in [0.25, 0.3) is 0 Å². The lowest BCUT2D eigenvalue weighted by Gasteiger charge is -2.13. The van der Waals surface area contributed by atoms with Gasteiger partial charge in [-0.3, -0.25) is 10.1 Å². The molecular formula is C17H16N4O5S. The predicted molar refractivity (Wildman–Crippen MR) is 96.0 cm³/mol. The summed E-state index contributed by atoms with van der Waals surface area (Å²) in [5.74, 6) is 0.729. The maximum Gasteiger partial charge on any atom is 0.338 e. The van der Waals surface area contributed by atoms with Crippen LogP contribution in [0, 0.1) is 12.3 Å². The zero-order chi connectivity index (χ0) is 19.9. The molecule has 0 spiro atoms. The van der Waals surface area contributed by atoms with Gasteiger partial charge in [-0.05, 0) is 31.2 Å². The number of carbonyl (C=O) groups excluding carboxylic acids is 2. The number of amides is 1. The molecule has 0 aliphatic heterocycles. The van der Waals surface area contributed by atoms with Crippen molar-refractivity contribution in [2.75, 3.05) is 11.9 Å². The molecule has 27 heavy (non-hydrogen) atoms. The monoisotopic (exact) mass is 388 g/mol. The first kappa shape index (κ1) is 20.0. The van der Waals surface area contributed by atoms with Gasteiger partial charge in [0, 0.05) is 12.4 Å². The molecule has 2 rings (SSSR count). The molecule has 0 saturated heterocycles. The molecule has 10 heteroatoms. The van der Waals surface area contributed by atoms with Crippen molar-refractivity contribution in [1.29, 1.82) is 0 Å². The fourth-order valence-corrected chi connectivity index (χ4v) is 2.85. The molecule has 2 N–H and O–H groups in total. The first-order valence-electron chi connectivity index (χ1n) is 7.65. The molecule has 1 aromatic heterocycles. The highest BCUT2D eigenvalue weighted by atomic mass is 32.2. The Bertz CT molecular complexity index is 970. The number of terminal acetylenes is 1. The van der Waals surface area contributed by atoms with Gasteiger partial charge in [-0.1, -0.05) is 12.0 Å². The summed E-state index contributed by atoms with van der Waals surface area (Å²) in [5, 5.41) is 2.39. The van der Waals surface area contributed by atoms with Crippen molar-refractivity contribution < 1.29 is 22.7 Å². The van der Waals surface area contributed by atoms with Crippen molar-refractivity contribution in [3.05, 3.63) is 48.3 Å². The number of carbonyl (C=O) groups is 2. The zero-order valence-corrected chi connectivity index (χ0v) is 15.1. The Morgan fingerprint density at radius 2 is 1.96 bits per heavy atom. The van der Waals surface area contributed by atoms with Gasteiger partial charge in [-0.25, -0.2) is 23.2 Å². The first-order valence-corrected chi connectivity index (χ1v) is 9.14. The second kappa shape index (κ2) is 8.88. The van der Waals surface area contributed by atoms with Gasteiger partial charge in [-0.15, -0.1) is 6.42 Å². The topological polar surface area (TPSA) is 127 Å². The molecule has 1 atom stereocenters. The number of nitrogens with one attached hydrogen (secondary N) is 2. The Kier molecular flexibility index (Phi) is 6.59. The van der Waals surface area contributed by atoms with E-state index in [1.54, 1.807) is 6.07 Å². The summed E-state index contributed by atoms with van der Waals surface area (Å²) < 4.78 is 31.4. The van der Waals surface area contributed by atoms with E-state index in [1.165, 1.54) is 37.5 Å². The molecular weight excluding hydrogens is 372 g/mol. The van der Waals surface area contributed by atoms with Gasteiger partial charge in [0.05, 0.1) is 17.0 Å². The largest absolute Gasteiger partial charge is 0.449 e. The van der Waals surface area contributed by atoms with Crippen LogP contribution in [-0.2, 0) is 19.6 Å². The van der Waals surface area contributed by atoms with E-state index in [-0.39, 0.29) is 23.0 Å². The Morgan fingerprint density at radius 3 is 2.63 bits per heavy atom. The summed E-state index contributed by atoms with van der Waals surface area (Å²) >= 11 is 0. The van der Waals surface area contributed by atoms with Gasteiger partial charge in [0.1, 0.15) is 0 Å². The number of sulfonamides is 1. The second-order valence-electron chi connectivity index (χ2n) is 5.17. The van der Waals surface area contributed by atoms with Crippen LogP contribution in [0.2, 0.25) is 0 Å². The highest BCUT2D eigenvalue weighted by molar-refractivity contribution is 7.89. The molecule has 0 fully saturated rings. The van der Waals surface area contributed by atoms with E-state index in [4.69, 9.17) is 11.2 Å². The van der Waals surface area contributed by atoms with Crippen molar-refractivity contribution in [1.82, 2.24) is 14.7 Å². The van der Waals surface area contributed by atoms with Gasteiger partial charge in [0.2, 0.25) is 16.0 Å². The summed E-state index contributed by atoms with van der Waals surface area (Å²) in [4.78, 5) is 31.8. The Balaban J connectivity index is 2.06. The van der Waals surface area contributed by atoms with Gasteiger partial charge in [0.15, 0.2) is 6.10 Å². The number of esters is 1. The first-order chi connectivity index (χ1) is 12.8. The molecule has 0 saturated carbocycles. The molecule has 140 valence electrons. The highest BCUT2D eigenvalue weighted by Gasteiger charge is 2.21. The minimum absolute atomic E-state index is 0.0332. The van der Waals surface area contributed by atoms with Crippen LogP contribution in [0.1, 0.15) is 17.3 Å². The second-order valence-corrected chi connectivity index (χ2v) is 6.93. The molecule has 1 unspecified atom stereocenters. The average molecular weight is 388 g/mol. The van der Waals surface area contributed by atoms with E-state index in [0.717, 1.165) is 6.07 Å². The Hall–Kier alpha value is -3.29. The van der Waals surface area contributed by atoms with E-state index in [2.05, 4.69) is 25.9 Å². The van der Waals surface area contributed by atoms with E-state index in [0.29, 0.717) is 0 Å². The fraction of sp³-hybridized carbons (Fsp3) is 0.176. The predicted octanol–water partition coefficient (Wildman–Crippen LogP) is 0.572. The van der Waals surface area contributed by atoms with E-state index >= 15 is 0 Å². The molecule has 0 aliphatic carbocycles. The van der Waals surface area contributed by atoms with Crippen molar-refractivity contribution in [2.45, 2.75) is 17.9 Å². The number of ether oxygens (including phenoxy) is 1. The molecule has 9 nitrogen and oxygen atoms in total. The fourth-order valence-electron chi connectivity index (χ4n) is 1.87. The van der Waals surface area contributed by atoms with Gasteiger partial charge < -0.3 is 4.74 Å². The van der Waals surface area contributed by atoms with Crippen molar-refractivity contribution in [3.63, 3.8) is 0 Å². The van der Waals surface area contributed by atoms with Crippen LogP contribution < -0.4 is 10.0 Å². The van der Waals surface area contributed by atoms with Crippen LogP contribution in [0.5, 0.6) is 0 Å². The number of hydrogen-bond acceptors (Lipinski definition) is 7. The smallest absolute Gasteiger partial charge is 0.338 e. The van der Waals surface area contributed by atoms with Crippen molar-refractivity contribution in [2.24, 2.45) is 0 Å². The molecule has 0 aliphatic rings. The number of hydrogen-bond donors (Lipinski definition) is 2. The average Bonchev–Trinajstić information content (AvgIpc) is 2.67. The summed E-state index contributed by atoms with van der Waals surface area (Å²) in [6.07, 6.45) is 6.77. The Labute approximate surface area is 156 Å². The zero-order valence-electron chi connectivity index (χ0n) is 14.2. The molecule has 1 amide bonds. The SMILES string of the molecule is C#CCNS(=O)(=O)c1cccc(C(=O)OC(C)C(=O)Nc2ncccn2)c1. The third-order valence-corrected chi connectivity index (χ3v) is 4.60. The maximum absolute atomic E-state index is 12.2. The maximum atomic E-state index is 12.2.